The summed E-state index contributed by atoms with van der Waals surface area (Å²) in [6.07, 6.45) is 2.60. The first-order valence-corrected chi connectivity index (χ1v) is 12.7. The molecule has 2 fully saturated rings. The van der Waals surface area contributed by atoms with E-state index in [1.807, 2.05) is 4.90 Å². The summed E-state index contributed by atoms with van der Waals surface area (Å²) < 4.78 is 35.0. The number of benzene rings is 1. The number of nitrogens with one attached hydrogen (secondary N) is 1. The quantitative estimate of drug-likeness (QED) is 0.341. The van der Waals surface area contributed by atoms with Gasteiger partial charge in [-0.3, -0.25) is 14.3 Å². The molecule has 6 rings (SSSR count). The van der Waals surface area contributed by atoms with Gasteiger partial charge in [0, 0.05) is 49.6 Å². The predicted molar refractivity (Wildman–Crippen MR) is 138 cm³/mol. The molecular formula is C27H27F2N7O2. The van der Waals surface area contributed by atoms with Gasteiger partial charge >= 0.3 is 0 Å². The zero-order valence-corrected chi connectivity index (χ0v) is 20.6. The second-order valence-electron chi connectivity index (χ2n) is 9.65. The molecule has 4 aromatic rings. The number of aromatic nitrogens is 5. The highest BCUT2D eigenvalue weighted by Gasteiger charge is 2.32. The minimum Gasteiger partial charge on any atom is -0.378 e. The number of ether oxygens (including phenoxy) is 1. The summed E-state index contributed by atoms with van der Waals surface area (Å²) in [5.41, 5.74) is 1.71. The fraction of sp³-hybridized carbons (Fsp3) is 0.370. The van der Waals surface area contributed by atoms with Crippen molar-refractivity contribution < 1.29 is 18.3 Å². The van der Waals surface area contributed by atoms with Crippen molar-refractivity contribution in [2.24, 2.45) is 5.92 Å². The average Bonchev–Trinajstić information content (AvgIpc) is 3.33. The van der Waals surface area contributed by atoms with E-state index in [0.29, 0.717) is 66.9 Å². The third-order valence-electron chi connectivity index (χ3n) is 7.07. The summed E-state index contributed by atoms with van der Waals surface area (Å²) in [4.78, 5) is 32.1. The Balaban J connectivity index is 1.26. The smallest absolute Gasteiger partial charge is 0.296 e. The van der Waals surface area contributed by atoms with E-state index < -0.39 is 6.43 Å². The van der Waals surface area contributed by atoms with Crippen molar-refractivity contribution in [1.82, 2.24) is 24.5 Å². The SMILES string of the molecule is O=C(CC1CC(Nc2cc(-n3c(C(F)F)nc4ccccc43)nc(N3CCOCC3)n2)C1)c1ccncc1. The Morgan fingerprint density at radius 3 is 2.58 bits per heavy atom. The van der Waals surface area contributed by atoms with Gasteiger partial charge in [-0.1, -0.05) is 12.1 Å². The van der Waals surface area contributed by atoms with Crippen molar-refractivity contribution in [3.05, 3.63) is 66.2 Å². The highest BCUT2D eigenvalue weighted by atomic mass is 19.3. The molecule has 0 spiro atoms. The van der Waals surface area contributed by atoms with Crippen LogP contribution in [0.15, 0.2) is 54.9 Å². The first-order chi connectivity index (χ1) is 18.5. The first-order valence-electron chi connectivity index (χ1n) is 12.7. The summed E-state index contributed by atoms with van der Waals surface area (Å²) in [5, 5.41) is 3.45. The number of halogens is 2. The number of hydrogen-bond donors (Lipinski definition) is 1. The number of hydrogen-bond acceptors (Lipinski definition) is 8. The Kier molecular flexibility index (Phi) is 6.67. The highest BCUT2D eigenvalue weighted by molar-refractivity contribution is 5.96. The number of ketones is 1. The van der Waals surface area contributed by atoms with E-state index in [1.165, 1.54) is 4.57 Å². The number of pyridine rings is 1. The molecule has 0 radical (unpaired) electrons. The zero-order chi connectivity index (χ0) is 26.1. The Morgan fingerprint density at radius 1 is 1.05 bits per heavy atom. The molecule has 1 aromatic carbocycles. The van der Waals surface area contributed by atoms with Crippen LogP contribution in [0.4, 0.5) is 20.5 Å². The molecule has 3 aromatic heterocycles. The fourth-order valence-electron chi connectivity index (χ4n) is 5.09. The van der Waals surface area contributed by atoms with Gasteiger partial charge in [0.25, 0.3) is 6.43 Å². The maximum atomic E-state index is 14.1. The number of carbonyl (C=O) groups is 1. The van der Waals surface area contributed by atoms with E-state index in [1.54, 1.807) is 54.9 Å². The number of fused-ring (bicyclic) bond motifs is 1. The molecular weight excluding hydrogens is 492 g/mol. The number of morpholine rings is 1. The molecule has 0 unspecified atom stereocenters. The van der Waals surface area contributed by atoms with Crippen molar-refractivity contribution in [3.63, 3.8) is 0 Å². The molecule has 1 aliphatic carbocycles. The molecule has 1 N–H and O–H groups in total. The van der Waals surface area contributed by atoms with Gasteiger partial charge in [-0.2, -0.15) is 9.97 Å². The topological polar surface area (TPSA) is 98.1 Å². The van der Waals surface area contributed by atoms with E-state index in [9.17, 15) is 13.6 Å². The van der Waals surface area contributed by atoms with Crippen LogP contribution in [0.1, 0.15) is 41.9 Å². The highest BCUT2D eigenvalue weighted by Crippen LogP contribution is 2.35. The number of nitrogens with zero attached hydrogens (tertiary/aromatic N) is 6. The van der Waals surface area contributed by atoms with Gasteiger partial charge in [0.1, 0.15) is 11.6 Å². The standard InChI is InChI=1S/C27H27F2N7O2/c28-25(29)26-32-20-3-1-2-4-21(20)36(26)24-16-23(33-27(34-24)35-9-11-38-12-10-35)31-19-13-17(14-19)15-22(37)18-5-7-30-8-6-18/h1-8,16-17,19,25H,9-15H2,(H,31,33,34). The van der Waals surface area contributed by atoms with Gasteiger partial charge < -0.3 is 15.0 Å². The van der Waals surface area contributed by atoms with Gasteiger partial charge in [0.15, 0.2) is 11.6 Å². The normalized spacial score (nSPS) is 19.5. The maximum Gasteiger partial charge on any atom is 0.296 e. The summed E-state index contributed by atoms with van der Waals surface area (Å²) in [6, 6.07) is 12.3. The number of Topliss-reactive ketones (excluding diaryl/α,β-unsaturated/α-hetero) is 1. The number of rotatable bonds is 8. The van der Waals surface area contributed by atoms with E-state index in [2.05, 4.69) is 15.3 Å². The molecule has 0 amide bonds. The van der Waals surface area contributed by atoms with E-state index in [4.69, 9.17) is 14.7 Å². The lowest BCUT2D eigenvalue weighted by Crippen LogP contribution is -2.39. The Morgan fingerprint density at radius 2 is 1.82 bits per heavy atom. The summed E-state index contributed by atoms with van der Waals surface area (Å²) >= 11 is 0. The molecule has 1 aliphatic heterocycles. The summed E-state index contributed by atoms with van der Waals surface area (Å²) in [6.45, 7) is 2.31. The molecule has 2 aliphatic rings. The molecule has 1 saturated heterocycles. The van der Waals surface area contributed by atoms with Crippen molar-refractivity contribution in [2.45, 2.75) is 31.7 Å². The second-order valence-corrected chi connectivity index (χ2v) is 9.65. The van der Waals surface area contributed by atoms with Gasteiger partial charge in [-0.05, 0) is 43.0 Å². The minimum atomic E-state index is -2.77. The van der Waals surface area contributed by atoms with Gasteiger partial charge in [0.2, 0.25) is 5.95 Å². The number of anilines is 2. The molecule has 9 nitrogen and oxygen atoms in total. The summed E-state index contributed by atoms with van der Waals surface area (Å²) in [5.74, 6) is 1.37. The van der Waals surface area contributed by atoms with Crippen molar-refractivity contribution in [3.8, 4) is 5.82 Å². The van der Waals surface area contributed by atoms with Crippen LogP contribution in [0.5, 0.6) is 0 Å². The lowest BCUT2D eigenvalue weighted by Gasteiger charge is -2.36. The molecule has 196 valence electrons. The molecule has 11 heteroatoms. The van der Waals surface area contributed by atoms with E-state index in [0.717, 1.165) is 12.8 Å². The van der Waals surface area contributed by atoms with Gasteiger partial charge in [0.05, 0.1) is 24.2 Å². The van der Waals surface area contributed by atoms with Crippen LogP contribution in [0, 0.1) is 5.92 Å². The van der Waals surface area contributed by atoms with Crippen LogP contribution in [0.25, 0.3) is 16.9 Å². The predicted octanol–water partition coefficient (Wildman–Crippen LogP) is 4.45. The van der Waals surface area contributed by atoms with Gasteiger partial charge in [-0.25, -0.2) is 13.8 Å². The van der Waals surface area contributed by atoms with Crippen LogP contribution in [0.2, 0.25) is 0 Å². The van der Waals surface area contributed by atoms with E-state index >= 15 is 0 Å². The third kappa shape index (κ3) is 4.93. The number of carbonyl (C=O) groups excluding carboxylic acids is 1. The Bertz CT molecular complexity index is 1430. The maximum absolute atomic E-state index is 14.1. The van der Waals surface area contributed by atoms with Crippen LogP contribution >= 0.6 is 0 Å². The van der Waals surface area contributed by atoms with Crippen molar-refractivity contribution in [1.29, 1.82) is 0 Å². The molecule has 1 saturated carbocycles. The third-order valence-corrected chi connectivity index (χ3v) is 7.07. The van der Waals surface area contributed by atoms with E-state index in [-0.39, 0.29) is 23.6 Å². The van der Waals surface area contributed by atoms with Crippen LogP contribution in [-0.4, -0.2) is 62.6 Å². The molecule has 4 heterocycles. The number of para-hydroxylation sites is 2. The minimum absolute atomic E-state index is 0.112. The molecule has 0 atom stereocenters. The van der Waals surface area contributed by atoms with Gasteiger partial charge in [-0.15, -0.1) is 0 Å². The lowest BCUT2D eigenvalue weighted by molar-refractivity contribution is 0.0930. The van der Waals surface area contributed by atoms with Crippen molar-refractivity contribution in [2.75, 3.05) is 36.5 Å². The Hall–Kier alpha value is -3.99. The number of imidazole rings is 1. The summed E-state index contributed by atoms with van der Waals surface area (Å²) in [7, 11) is 0. The van der Waals surface area contributed by atoms with Crippen molar-refractivity contribution >= 4 is 28.6 Å². The molecule has 38 heavy (non-hydrogen) atoms. The fourth-order valence-corrected chi connectivity index (χ4v) is 5.09. The second kappa shape index (κ2) is 10.4. The average molecular weight is 520 g/mol. The lowest BCUT2D eigenvalue weighted by atomic mass is 9.76. The first kappa shape index (κ1) is 24.4. The van der Waals surface area contributed by atoms with Crippen LogP contribution in [0.3, 0.4) is 0 Å². The van der Waals surface area contributed by atoms with Crippen LogP contribution in [-0.2, 0) is 4.74 Å². The largest absolute Gasteiger partial charge is 0.378 e. The molecule has 0 bridgehead atoms. The monoisotopic (exact) mass is 519 g/mol. The van der Waals surface area contributed by atoms with Crippen LogP contribution < -0.4 is 10.2 Å². The zero-order valence-electron chi connectivity index (χ0n) is 20.6. The Labute approximate surface area is 217 Å². The number of alkyl halides is 2.